The first-order valence-electron chi connectivity index (χ1n) is 5.05. The molecular formula is C12H16FNO. The van der Waals surface area contributed by atoms with Crippen LogP contribution in [0.3, 0.4) is 0 Å². The normalized spacial score (nSPS) is 12.5. The summed E-state index contributed by atoms with van der Waals surface area (Å²) in [5, 5.41) is 0. The molecule has 0 aromatic heterocycles. The predicted octanol–water partition coefficient (Wildman–Crippen LogP) is 2.44. The van der Waals surface area contributed by atoms with Crippen LogP contribution in [0.2, 0.25) is 0 Å². The maximum atomic E-state index is 13.2. The zero-order valence-electron chi connectivity index (χ0n) is 9.09. The van der Waals surface area contributed by atoms with E-state index in [2.05, 4.69) is 0 Å². The van der Waals surface area contributed by atoms with E-state index in [0.29, 0.717) is 24.0 Å². The number of aryl methyl sites for hydroxylation is 1. The Morgan fingerprint density at radius 2 is 2.20 bits per heavy atom. The minimum atomic E-state index is -0.332. The highest BCUT2D eigenvalue weighted by Crippen LogP contribution is 2.12. The Balaban J connectivity index is 2.70. The largest absolute Gasteiger partial charge is 0.328 e. The molecule has 1 aromatic carbocycles. The number of benzene rings is 1. The molecule has 0 bridgehead atoms. The van der Waals surface area contributed by atoms with Gasteiger partial charge in [0.25, 0.3) is 0 Å². The topological polar surface area (TPSA) is 43.1 Å². The van der Waals surface area contributed by atoms with Gasteiger partial charge < -0.3 is 5.73 Å². The molecule has 0 saturated heterocycles. The Morgan fingerprint density at radius 1 is 1.53 bits per heavy atom. The predicted molar refractivity (Wildman–Crippen MR) is 58.4 cm³/mol. The Hall–Kier alpha value is -1.22. The molecule has 2 nitrogen and oxygen atoms in total. The fraction of sp³-hybridized carbons (Fsp3) is 0.417. The SMILES string of the molecule is Cc1ccc(C(=O)CCC(C)N)cc1F. The van der Waals surface area contributed by atoms with Gasteiger partial charge in [-0.1, -0.05) is 12.1 Å². The molecule has 1 unspecified atom stereocenters. The summed E-state index contributed by atoms with van der Waals surface area (Å²) in [5.74, 6) is -0.382. The van der Waals surface area contributed by atoms with Gasteiger partial charge >= 0.3 is 0 Å². The van der Waals surface area contributed by atoms with Crippen LogP contribution in [0.4, 0.5) is 4.39 Å². The fourth-order valence-corrected chi connectivity index (χ4v) is 1.27. The molecule has 3 heteroatoms. The second-order valence-corrected chi connectivity index (χ2v) is 3.90. The maximum absolute atomic E-state index is 13.2. The van der Waals surface area contributed by atoms with Crippen molar-refractivity contribution in [1.82, 2.24) is 0 Å². The van der Waals surface area contributed by atoms with Crippen molar-refractivity contribution in [3.63, 3.8) is 0 Å². The first-order valence-corrected chi connectivity index (χ1v) is 5.05. The van der Waals surface area contributed by atoms with E-state index in [-0.39, 0.29) is 17.6 Å². The summed E-state index contributed by atoms with van der Waals surface area (Å²) in [6.45, 7) is 3.52. The van der Waals surface area contributed by atoms with Gasteiger partial charge in [-0.2, -0.15) is 0 Å². The van der Waals surface area contributed by atoms with Crippen LogP contribution in [0.25, 0.3) is 0 Å². The van der Waals surface area contributed by atoms with Gasteiger partial charge in [-0.25, -0.2) is 4.39 Å². The molecular weight excluding hydrogens is 193 g/mol. The summed E-state index contributed by atoms with van der Waals surface area (Å²) in [5.41, 5.74) is 6.53. The lowest BCUT2D eigenvalue weighted by Gasteiger charge is -2.05. The molecule has 0 aliphatic heterocycles. The van der Waals surface area contributed by atoms with E-state index in [1.807, 2.05) is 6.92 Å². The summed E-state index contributed by atoms with van der Waals surface area (Å²) in [6.07, 6.45) is 1.01. The van der Waals surface area contributed by atoms with Crippen LogP contribution in [-0.4, -0.2) is 11.8 Å². The highest BCUT2D eigenvalue weighted by atomic mass is 19.1. The number of halogens is 1. The van der Waals surface area contributed by atoms with Crippen molar-refractivity contribution in [2.45, 2.75) is 32.7 Å². The van der Waals surface area contributed by atoms with Crippen LogP contribution in [0, 0.1) is 12.7 Å². The summed E-state index contributed by atoms with van der Waals surface area (Å²) in [4.78, 5) is 11.6. The van der Waals surface area contributed by atoms with Crippen molar-refractivity contribution >= 4 is 5.78 Å². The molecule has 0 radical (unpaired) electrons. The molecule has 1 atom stereocenters. The van der Waals surface area contributed by atoms with Crippen LogP contribution in [0.1, 0.15) is 35.7 Å². The van der Waals surface area contributed by atoms with Crippen molar-refractivity contribution in [2.75, 3.05) is 0 Å². The summed E-state index contributed by atoms with van der Waals surface area (Å²) in [6, 6.07) is 4.57. The Morgan fingerprint density at radius 3 is 2.73 bits per heavy atom. The van der Waals surface area contributed by atoms with Crippen LogP contribution < -0.4 is 5.73 Å². The lowest BCUT2D eigenvalue weighted by atomic mass is 10.0. The highest BCUT2D eigenvalue weighted by molar-refractivity contribution is 5.96. The lowest BCUT2D eigenvalue weighted by molar-refractivity contribution is 0.0977. The maximum Gasteiger partial charge on any atom is 0.163 e. The molecule has 0 amide bonds. The molecule has 0 aliphatic rings. The minimum absolute atomic E-state index is 0.00393. The van der Waals surface area contributed by atoms with Gasteiger partial charge in [-0.05, 0) is 31.9 Å². The quantitative estimate of drug-likeness (QED) is 0.774. The number of carbonyl (C=O) groups excluding carboxylic acids is 1. The van der Waals surface area contributed by atoms with Gasteiger partial charge in [-0.3, -0.25) is 4.79 Å². The smallest absolute Gasteiger partial charge is 0.163 e. The number of nitrogens with two attached hydrogens (primary N) is 1. The summed E-state index contributed by atoms with van der Waals surface area (Å²) in [7, 11) is 0. The fourth-order valence-electron chi connectivity index (χ4n) is 1.27. The number of hydrogen-bond acceptors (Lipinski definition) is 2. The zero-order chi connectivity index (χ0) is 11.4. The van der Waals surface area contributed by atoms with E-state index in [4.69, 9.17) is 5.73 Å². The van der Waals surface area contributed by atoms with Crippen LogP contribution in [0.5, 0.6) is 0 Å². The van der Waals surface area contributed by atoms with Gasteiger partial charge in [0.2, 0.25) is 0 Å². The van der Waals surface area contributed by atoms with Crippen LogP contribution >= 0.6 is 0 Å². The third kappa shape index (κ3) is 3.44. The van der Waals surface area contributed by atoms with Crippen molar-refractivity contribution in [3.05, 3.63) is 35.1 Å². The van der Waals surface area contributed by atoms with E-state index in [0.717, 1.165) is 0 Å². The van der Waals surface area contributed by atoms with Gasteiger partial charge in [0, 0.05) is 18.0 Å². The van der Waals surface area contributed by atoms with E-state index in [1.165, 1.54) is 6.07 Å². The molecule has 15 heavy (non-hydrogen) atoms. The average Bonchev–Trinajstić information content (AvgIpc) is 2.18. The van der Waals surface area contributed by atoms with Crippen molar-refractivity contribution in [3.8, 4) is 0 Å². The minimum Gasteiger partial charge on any atom is -0.328 e. The molecule has 82 valence electrons. The summed E-state index contributed by atoms with van der Waals surface area (Å²) < 4.78 is 13.2. The van der Waals surface area contributed by atoms with E-state index in [9.17, 15) is 9.18 Å². The molecule has 1 rings (SSSR count). The molecule has 2 N–H and O–H groups in total. The average molecular weight is 209 g/mol. The number of hydrogen-bond donors (Lipinski definition) is 1. The molecule has 0 saturated carbocycles. The summed E-state index contributed by atoms with van der Waals surface area (Å²) >= 11 is 0. The standard InChI is InChI=1S/C12H16FNO/c1-8-3-5-10(7-11(8)13)12(15)6-4-9(2)14/h3,5,7,9H,4,6,14H2,1-2H3. The van der Waals surface area contributed by atoms with Gasteiger partial charge in [0.05, 0.1) is 0 Å². The van der Waals surface area contributed by atoms with Gasteiger partial charge in [0.1, 0.15) is 5.82 Å². The van der Waals surface area contributed by atoms with E-state index in [1.54, 1.807) is 19.1 Å². The second-order valence-electron chi connectivity index (χ2n) is 3.90. The Kier molecular flexibility index (Phi) is 3.97. The Labute approximate surface area is 89.3 Å². The molecule has 0 heterocycles. The van der Waals surface area contributed by atoms with Crippen molar-refractivity contribution < 1.29 is 9.18 Å². The van der Waals surface area contributed by atoms with Crippen molar-refractivity contribution in [1.29, 1.82) is 0 Å². The lowest BCUT2D eigenvalue weighted by Crippen LogP contribution is -2.16. The van der Waals surface area contributed by atoms with Gasteiger partial charge in [0.15, 0.2) is 5.78 Å². The molecule has 0 spiro atoms. The monoisotopic (exact) mass is 209 g/mol. The third-order valence-electron chi connectivity index (χ3n) is 2.32. The third-order valence-corrected chi connectivity index (χ3v) is 2.32. The van der Waals surface area contributed by atoms with Crippen LogP contribution in [0.15, 0.2) is 18.2 Å². The first-order chi connectivity index (χ1) is 7.00. The molecule has 0 aliphatic carbocycles. The van der Waals surface area contributed by atoms with E-state index >= 15 is 0 Å². The highest BCUT2D eigenvalue weighted by Gasteiger charge is 2.08. The van der Waals surface area contributed by atoms with Crippen molar-refractivity contribution in [2.24, 2.45) is 5.73 Å². The second kappa shape index (κ2) is 5.03. The molecule has 1 aromatic rings. The van der Waals surface area contributed by atoms with Crippen LogP contribution in [-0.2, 0) is 0 Å². The van der Waals surface area contributed by atoms with E-state index < -0.39 is 0 Å². The zero-order valence-corrected chi connectivity index (χ0v) is 9.09. The Bertz CT molecular complexity index is 361. The number of ketones is 1. The first kappa shape index (κ1) is 11.9. The number of carbonyl (C=O) groups is 1. The number of Topliss-reactive ketones (excluding diaryl/α,β-unsaturated/α-hetero) is 1. The molecule has 0 fully saturated rings. The van der Waals surface area contributed by atoms with Gasteiger partial charge in [-0.15, -0.1) is 0 Å². The number of rotatable bonds is 4.